The van der Waals surface area contributed by atoms with Crippen LogP contribution in [0.2, 0.25) is 0 Å². The van der Waals surface area contributed by atoms with E-state index in [4.69, 9.17) is 4.74 Å². The molecule has 1 aromatic carbocycles. The van der Waals surface area contributed by atoms with Crippen LogP contribution < -0.4 is 4.74 Å². The molecule has 3 nitrogen and oxygen atoms in total. The molecule has 3 rings (SSSR count). The number of nitrogens with zero attached hydrogens (tertiary/aromatic N) is 2. The van der Waals surface area contributed by atoms with Crippen molar-refractivity contribution in [3.05, 3.63) is 48.1 Å². The van der Waals surface area contributed by atoms with Crippen LogP contribution in [0.3, 0.4) is 0 Å². The predicted molar refractivity (Wildman–Crippen MR) is 80.1 cm³/mol. The van der Waals surface area contributed by atoms with E-state index in [2.05, 4.69) is 16.0 Å². The average Bonchev–Trinajstić information content (AvgIpc) is 2.94. The molecule has 0 unspecified atom stereocenters. The number of ether oxygens (including phenoxy) is 1. The first-order valence-electron chi connectivity index (χ1n) is 5.92. The maximum absolute atomic E-state index is 5.66. The quantitative estimate of drug-likeness (QED) is 0.405. The van der Waals surface area contributed by atoms with Crippen LogP contribution in [0.4, 0.5) is 0 Å². The number of thioether (sulfide) groups is 1. The van der Waals surface area contributed by atoms with Gasteiger partial charge in [0, 0.05) is 11.1 Å². The third-order valence-electron chi connectivity index (χ3n) is 2.56. The molecule has 0 aliphatic rings. The lowest BCUT2D eigenvalue weighted by molar-refractivity contribution is 0.344. The first-order chi connectivity index (χ1) is 9.43. The Bertz CT molecular complexity index is 655. The number of fused-ring (bicyclic) bond motifs is 1. The summed E-state index contributed by atoms with van der Waals surface area (Å²) in [5.74, 6) is 1.78. The minimum Gasteiger partial charge on any atom is -0.493 e. The van der Waals surface area contributed by atoms with Crippen molar-refractivity contribution in [1.29, 1.82) is 0 Å². The zero-order valence-corrected chi connectivity index (χ0v) is 11.8. The normalized spacial score (nSPS) is 10.7. The van der Waals surface area contributed by atoms with E-state index in [0.29, 0.717) is 6.61 Å². The maximum Gasteiger partial charge on any atom is 0.127 e. The number of hydrogen-bond acceptors (Lipinski definition) is 5. The number of aromatic nitrogens is 2. The van der Waals surface area contributed by atoms with Crippen molar-refractivity contribution in [2.45, 2.75) is 5.03 Å². The average molecular weight is 288 g/mol. The van der Waals surface area contributed by atoms with Crippen LogP contribution in [0, 0.1) is 0 Å². The van der Waals surface area contributed by atoms with Crippen molar-refractivity contribution in [3.8, 4) is 5.75 Å². The van der Waals surface area contributed by atoms with Crippen molar-refractivity contribution < 1.29 is 4.74 Å². The van der Waals surface area contributed by atoms with Crippen molar-refractivity contribution in [3.63, 3.8) is 0 Å². The molecule has 0 radical (unpaired) electrons. The molecule has 0 aliphatic heterocycles. The Morgan fingerprint density at radius 2 is 2.00 bits per heavy atom. The highest BCUT2D eigenvalue weighted by atomic mass is 32.2. The molecule has 0 saturated carbocycles. The van der Waals surface area contributed by atoms with Gasteiger partial charge in [-0.2, -0.15) is 0 Å². The molecule has 0 saturated heterocycles. The molecule has 0 fully saturated rings. The second-order valence-corrected chi connectivity index (χ2v) is 5.81. The van der Waals surface area contributed by atoms with Crippen LogP contribution in [-0.4, -0.2) is 22.3 Å². The highest BCUT2D eigenvalue weighted by molar-refractivity contribution is 7.99. The Kier molecular flexibility index (Phi) is 3.95. The fraction of sp³-hybridized carbons (Fsp3) is 0.143. The molecule has 96 valence electrons. The molecule has 2 aromatic heterocycles. The smallest absolute Gasteiger partial charge is 0.127 e. The van der Waals surface area contributed by atoms with Gasteiger partial charge in [-0.05, 0) is 23.6 Å². The van der Waals surface area contributed by atoms with Gasteiger partial charge in [0.15, 0.2) is 0 Å². The minimum atomic E-state index is 0.671. The summed E-state index contributed by atoms with van der Waals surface area (Å²) in [6.07, 6.45) is 1.62. The zero-order chi connectivity index (χ0) is 12.9. The van der Waals surface area contributed by atoms with Gasteiger partial charge in [-0.25, -0.2) is 9.97 Å². The molecule has 0 aliphatic carbocycles. The number of benzene rings is 1. The third kappa shape index (κ3) is 3.05. The fourth-order valence-corrected chi connectivity index (χ4v) is 3.30. The van der Waals surface area contributed by atoms with Crippen molar-refractivity contribution in [2.75, 3.05) is 12.4 Å². The van der Waals surface area contributed by atoms with Crippen molar-refractivity contribution in [2.24, 2.45) is 0 Å². The lowest BCUT2D eigenvalue weighted by Crippen LogP contribution is -2.00. The molecule has 19 heavy (non-hydrogen) atoms. The predicted octanol–water partition coefficient (Wildman–Crippen LogP) is 3.86. The van der Waals surface area contributed by atoms with Gasteiger partial charge in [0.1, 0.15) is 21.9 Å². The first kappa shape index (κ1) is 12.4. The summed E-state index contributed by atoms with van der Waals surface area (Å²) in [6, 6.07) is 11.9. The summed E-state index contributed by atoms with van der Waals surface area (Å²) in [6.45, 7) is 0.671. The molecule has 0 amide bonds. The highest BCUT2D eigenvalue weighted by Crippen LogP contribution is 2.27. The van der Waals surface area contributed by atoms with E-state index >= 15 is 0 Å². The van der Waals surface area contributed by atoms with E-state index in [1.807, 2.05) is 35.7 Å². The van der Waals surface area contributed by atoms with Gasteiger partial charge >= 0.3 is 0 Å². The van der Waals surface area contributed by atoms with Crippen LogP contribution in [-0.2, 0) is 0 Å². The van der Waals surface area contributed by atoms with Gasteiger partial charge in [-0.15, -0.1) is 23.1 Å². The molecule has 3 aromatic rings. The third-order valence-corrected chi connectivity index (χ3v) is 4.35. The second kappa shape index (κ2) is 6.04. The molecule has 0 bridgehead atoms. The standard InChI is InChI=1S/C14H12N2OS2/c1-2-4-11(5-3-1)17-7-9-19-14-12-6-8-18-13(12)15-10-16-14/h1-6,8,10H,7,9H2. The van der Waals surface area contributed by atoms with E-state index in [1.165, 1.54) is 0 Å². The van der Waals surface area contributed by atoms with Crippen LogP contribution in [0.1, 0.15) is 0 Å². The van der Waals surface area contributed by atoms with Gasteiger partial charge in [-0.1, -0.05) is 18.2 Å². The number of rotatable bonds is 5. The monoisotopic (exact) mass is 288 g/mol. The van der Waals surface area contributed by atoms with Crippen molar-refractivity contribution in [1.82, 2.24) is 9.97 Å². The van der Waals surface area contributed by atoms with Gasteiger partial charge in [0.2, 0.25) is 0 Å². The Balaban J connectivity index is 1.57. The molecule has 2 heterocycles. The fourth-order valence-electron chi connectivity index (χ4n) is 1.70. The Morgan fingerprint density at radius 1 is 1.11 bits per heavy atom. The van der Waals surface area contributed by atoms with Gasteiger partial charge in [-0.3, -0.25) is 0 Å². The summed E-state index contributed by atoms with van der Waals surface area (Å²) in [4.78, 5) is 9.61. The van der Waals surface area contributed by atoms with Crippen molar-refractivity contribution >= 4 is 33.3 Å². The van der Waals surface area contributed by atoms with E-state index < -0.39 is 0 Å². The molecule has 0 atom stereocenters. The number of para-hydroxylation sites is 1. The summed E-state index contributed by atoms with van der Waals surface area (Å²) in [5.41, 5.74) is 0. The summed E-state index contributed by atoms with van der Waals surface area (Å²) in [5, 5.41) is 4.21. The topological polar surface area (TPSA) is 35.0 Å². The number of hydrogen-bond donors (Lipinski definition) is 0. The molecule has 0 spiro atoms. The Labute approximate surface area is 119 Å². The van der Waals surface area contributed by atoms with Gasteiger partial charge in [0.05, 0.1) is 6.61 Å². The van der Waals surface area contributed by atoms with Gasteiger partial charge in [0.25, 0.3) is 0 Å². The van der Waals surface area contributed by atoms with E-state index in [1.54, 1.807) is 29.4 Å². The summed E-state index contributed by atoms with van der Waals surface area (Å²) >= 11 is 3.35. The molecule has 0 N–H and O–H groups in total. The largest absolute Gasteiger partial charge is 0.493 e. The molecule has 5 heteroatoms. The highest BCUT2D eigenvalue weighted by Gasteiger charge is 2.05. The summed E-state index contributed by atoms with van der Waals surface area (Å²) in [7, 11) is 0. The minimum absolute atomic E-state index is 0.671. The first-order valence-corrected chi connectivity index (χ1v) is 7.79. The maximum atomic E-state index is 5.66. The van der Waals surface area contributed by atoms with Crippen LogP contribution in [0.15, 0.2) is 53.1 Å². The second-order valence-electron chi connectivity index (χ2n) is 3.83. The van der Waals surface area contributed by atoms with Crippen LogP contribution in [0.5, 0.6) is 5.75 Å². The van der Waals surface area contributed by atoms with E-state index in [-0.39, 0.29) is 0 Å². The van der Waals surface area contributed by atoms with Crippen LogP contribution >= 0.6 is 23.1 Å². The van der Waals surface area contributed by atoms with E-state index in [0.717, 1.165) is 26.7 Å². The number of thiophene rings is 1. The lowest BCUT2D eigenvalue weighted by atomic mass is 10.3. The molecular weight excluding hydrogens is 276 g/mol. The van der Waals surface area contributed by atoms with Gasteiger partial charge < -0.3 is 4.74 Å². The molecular formula is C14H12N2OS2. The SMILES string of the molecule is c1ccc(OCCSc2ncnc3sccc23)cc1. The van der Waals surface area contributed by atoms with Crippen LogP contribution in [0.25, 0.3) is 10.2 Å². The Hall–Kier alpha value is -1.59. The zero-order valence-electron chi connectivity index (χ0n) is 10.2. The summed E-state index contributed by atoms with van der Waals surface area (Å²) < 4.78 is 5.66. The van der Waals surface area contributed by atoms with E-state index in [9.17, 15) is 0 Å². The Morgan fingerprint density at radius 3 is 2.89 bits per heavy atom. The lowest BCUT2D eigenvalue weighted by Gasteiger charge is -2.05.